The highest BCUT2D eigenvalue weighted by molar-refractivity contribution is 9.10. The average Bonchev–Trinajstić information content (AvgIpc) is 2.88. The van der Waals surface area contributed by atoms with Gasteiger partial charge in [-0.25, -0.2) is 4.98 Å². The molecule has 0 aromatic carbocycles. The first-order valence-electron chi connectivity index (χ1n) is 6.77. The molecule has 106 valence electrons. The normalized spacial score (nSPS) is 19.1. The smallest absolute Gasteiger partial charge is 0.217 e. The Kier molecular flexibility index (Phi) is 5.60. The van der Waals surface area contributed by atoms with Crippen molar-refractivity contribution in [2.45, 2.75) is 45.4 Å². The van der Waals surface area contributed by atoms with Gasteiger partial charge in [0.15, 0.2) is 0 Å². The molecule has 1 aromatic rings. The molecule has 1 aromatic heterocycles. The summed E-state index contributed by atoms with van der Waals surface area (Å²) >= 11 is 3.45. The van der Waals surface area contributed by atoms with Gasteiger partial charge in [-0.2, -0.15) is 0 Å². The lowest BCUT2D eigenvalue weighted by Crippen LogP contribution is -2.23. The van der Waals surface area contributed by atoms with Gasteiger partial charge >= 0.3 is 0 Å². The summed E-state index contributed by atoms with van der Waals surface area (Å²) in [5.74, 6) is 0.701. The van der Waals surface area contributed by atoms with E-state index in [9.17, 15) is 0 Å². The van der Waals surface area contributed by atoms with E-state index in [0.29, 0.717) is 18.5 Å². The molecule has 4 nitrogen and oxygen atoms in total. The largest absolute Gasteiger partial charge is 0.475 e. The van der Waals surface area contributed by atoms with Crippen LogP contribution in [0, 0.1) is 0 Å². The van der Waals surface area contributed by atoms with Crippen LogP contribution in [0.2, 0.25) is 0 Å². The topological polar surface area (TPSA) is 43.4 Å². The first kappa shape index (κ1) is 14.8. The number of hydrogen-bond acceptors (Lipinski definition) is 4. The number of pyridine rings is 1. The van der Waals surface area contributed by atoms with Gasteiger partial charge in [-0.3, -0.25) is 0 Å². The number of hydrogen-bond donors (Lipinski definition) is 1. The molecule has 1 aliphatic heterocycles. The second kappa shape index (κ2) is 7.22. The van der Waals surface area contributed by atoms with Gasteiger partial charge in [0.25, 0.3) is 0 Å². The van der Waals surface area contributed by atoms with Crippen LogP contribution in [0.5, 0.6) is 5.88 Å². The maximum Gasteiger partial charge on any atom is 0.217 e. The molecule has 5 heteroatoms. The monoisotopic (exact) mass is 328 g/mol. The zero-order valence-corrected chi connectivity index (χ0v) is 13.1. The fourth-order valence-corrected chi connectivity index (χ4v) is 2.37. The third kappa shape index (κ3) is 4.75. The molecule has 0 amide bonds. The number of halogens is 1. The van der Waals surface area contributed by atoms with Gasteiger partial charge in [-0.15, -0.1) is 0 Å². The minimum atomic E-state index is 0.219. The van der Waals surface area contributed by atoms with Gasteiger partial charge < -0.3 is 14.8 Å². The second-order valence-corrected chi connectivity index (χ2v) is 6.02. The van der Waals surface area contributed by atoms with Crippen LogP contribution in [-0.4, -0.2) is 30.3 Å². The molecule has 19 heavy (non-hydrogen) atoms. The van der Waals surface area contributed by atoms with Crippen molar-refractivity contribution in [1.82, 2.24) is 10.3 Å². The van der Waals surface area contributed by atoms with Crippen molar-refractivity contribution in [3.05, 3.63) is 22.3 Å². The van der Waals surface area contributed by atoms with E-state index >= 15 is 0 Å². The lowest BCUT2D eigenvalue weighted by atomic mass is 10.2. The van der Waals surface area contributed by atoms with Gasteiger partial charge in [0, 0.05) is 35.4 Å². The van der Waals surface area contributed by atoms with E-state index in [1.165, 1.54) is 0 Å². The third-order valence-electron chi connectivity index (χ3n) is 3.02. The molecule has 1 atom stereocenters. The molecule has 0 aliphatic carbocycles. The zero-order chi connectivity index (χ0) is 13.7. The Morgan fingerprint density at radius 2 is 2.42 bits per heavy atom. The summed E-state index contributed by atoms with van der Waals surface area (Å²) in [5, 5.41) is 3.39. The van der Waals surface area contributed by atoms with Crippen LogP contribution in [0.15, 0.2) is 16.7 Å². The van der Waals surface area contributed by atoms with E-state index in [1.54, 1.807) is 6.20 Å². The highest BCUT2D eigenvalue weighted by atomic mass is 79.9. The molecule has 0 bridgehead atoms. The lowest BCUT2D eigenvalue weighted by Gasteiger charge is -2.15. The summed E-state index contributed by atoms with van der Waals surface area (Å²) in [6, 6.07) is 2.48. The molecular formula is C14H21BrN2O2. The number of nitrogens with one attached hydrogen (secondary N) is 1. The Morgan fingerprint density at radius 3 is 3.11 bits per heavy atom. The highest BCUT2D eigenvalue weighted by Gasteiger charge is 2.17. The van der Waals surface area contributed by atoms with Crippen molar-refractivity contribution in [2.75, 3.05) is 13.2 Å². The molecule has 1 N–H and O–H groups in total. The molecule has 1 saturated heterocycles. The molecule has 1 aliphatic rings. The number of ether oxygens (including phenoxy) is 2. The van der Waals surface area contributed by atoms with E-state index < -0.39 is 0 Å². The molecule has 1 fully saturated rings. The number of nitrogens with zero attached hydrogens (tertiary/aromatic N) is 1. The maximum atomic E-state index is 5.81. The van der Waals surface area contributed by atoms with E-state index in [2.05, 4.69) is 40.1 Å². The van der Waals surface area contributed by atoms with Gasteiger partial charge in [-0.1, -0.05) is 13.8 Å². The van der Waals surface area contributed by atoms with Crippen LogP contribution in [0.3, 0.4) is 0 Å². The predicted octanol–water partition coefficient (Wildman–Crippen LogP) is 2.90. The van der Waals surface area contributed by atoms with Crippen molar-refractivity contribution >= 4 is 15.9 Å². The fourth-order valence-electron chi connectivity index (χ4n) is 1.99. The van der Waals surface area contributed by atoms with Crippen LogP contribution in [0.1, 0.15) is 32.3 Å². The van der Waals surface area contributed by atoms with Gasteiger partial charge in [-0.05, 0) is 34.8 Å². The zero-order valence-electron chi connectivity index (χ0n) is 11.5. The van der Waals surface area contributed by atoms with Crippen molar-refractivity contribution in [3.8, 4) is 5.88 Å². The van der Waals surface area contributed by atoms with Crippen LogP contribution in [0.25, 0.3) is 0 Å². The van der Waals surface area contributed by atoms with E-state index in [0.717, 1.165) is 36.0 Å². The number of aromatic nitrogens is 1. The molecule has 2 rings (SSSR count). The highest BCUT2D eigenvalue weighted by Crippen LogP contribution is 2.21. The van der Waals surface area contributed by atoms with Gasteiger partial charge in [0.1, 0.15) is 6.61 Å². The Bertz CT molecular complexity index is 406. The van der Waals surface area contributed by atoms with Gasteiger partial charge in [0.2, 0.25) is 5.88 Å². The van der Waals surface area contributed by atoms with Crippen molar-refractivity contribution in [2.24, 2.45) is 0 Å². The minimum absolute atomic E-state index is 0.219. The van der Waals surface area contributed by atoms with Gasteiger partial charge in [0.05, 0.1) is 6.10 Å². The van der Waals surface area contributed by atoms with Crippen LogP contribution in [-0.2, 0) is 11.3 Å². The first-order valence-corrected chi connectivity index (χ1v) is 7.56. The Balaban J connectivity index is 1.96. The molecule has 0 radical (unpaired) electrons. The average molecular weight is 329 g/mol. The predicted molar refractivity (Wildman–Crippen MR) is 78.4 cm³/mol. The summed E-state index contributed by atoms with van der Waals surface area (Å²) in [4.78, 5) is 4.35. The quantitative estimate of drug-likeness (QED) is 0.872. The lowest BCUT2D eigenvalue weighted by molar-refractivity contribution is 0.0659. The van der Waals surface area contributed by atoms with E-state index in [-0.39, 0.29) is 6.10 Å². The maximum absolute atomic E-state index is 5.81. The summed E-state index contributed by atoms with van der Waals surface area (Å²) in [6.07, 6.45) is 4.19. The van der Waals surface area contributed by atoms with Crippen molar-refractivity contribution in [3.63, 3.8) is 0 Å². The van der Waals surface area contributed by atoms with Crippen LogP contribution < -0.4 is 10.1 Å². The van der Waals surface area contributed by atoms with E-state index in [4.69, 9.17) is 9.47 Å². The molecule has 0 spiro atoms. The van der Waals surface area contributed by atoms with Crippen molar-refractivity contribution in [1.29, 1.82) is 0 Å². The third-order valence-corrected chi connectivity index (χ3v) is 3.46. The minimum Gasteiger partial charge on any atom is -0.475 e. The Labute approximate surface area is 123 Å². The SMILES string of the molecule is CC(C)NCc1cc(Br)cnc1OCC1CCCO1. The summed E-state index contributed by atoms with van der Waals surface area (Å²) in [7, 11) is 0. The van der Waals surface area contributed by atoms with Crippen LogP contribution in [0.4, 0.5) is 0 Å². The van der Waals surface area contributed by atoms with E-state index in [1.807, 2.05) is 6.07 Å². The Hall–Kier alpha value is -0.650. The summed E-state index contributed by atoms with van der Waals surface area (Å²) in [5.41, 5.74) is 1.07. The molecule has 2 heterocycles. The standard InChI is InChI=1S/C14H21BrN2O2/c1-10(2)16-7-11-6-12(15)8-17-14(11)19-9-13-4-3-5-18-13/h6,8,10,13,16H,3-5,7,9H2,1-2H3. The molecule has 1 unspecified atom stereocenters. The molecule has 0 saturated carbocycles. The summed E-state index contributed by atoms with van der Waals surface area (Å²) < 4.78 is 12.3. The Morgan fingerprint density at radius 1 is 1.58 bits per heavy atom. The van der Waals surface area contributed by atoms with Crippen LogP contribution >= 0.6 is 15.9 Å². The van der Waals surface area contributed by atoms with Crippen molar-refractivity contribution < 1.29 is 9.47 Å². The second-order valence-electron chi connectivity index (χ2n) is 5.10. The number of rotatable bonds is 6. The first-order chi connectivity index (χ1) is 9.15. The molecular weight excluding hydrogens is 308 g/mol. The summed E-state index contributed by atoms with van der Waals surface area (Å²) in [6.45, 7) is 6.44. The fraction of sp³-hybridized carbons (Fsp3) is 0.643.